The Bertz CT molecular complexity index is 1440. The second kappa shape index (κ2) is 8.16. The number of carbonyl (C=O) groups is 1. The molecule has 2 atom stereocenters. The highest BCUT2D eigenvalue weighted by Gasteiger charge is 2.48. The highest BCUT2D eigenvalue weighted by atomic mass is 32.2. The molecule has 1 saturated heterocycles. The molecule has 4 nitrogen and oxygen atoms in total. The smallest absolute Gasteiger partial charge is 0.267 e. The Balaban J connectivity index is 1.70. The third-order valence-electron chi connectivity index (χ3n) is 6.49. The molecule has 0 bridgehead atoms. The minimum absolute atomic E-state index is 0.136. The molecule has 1 amide bonds. The highest BCUT2D eigenvalue weighted by molar-refractivity contribution is 7.89. The van der Waals surface area contributed by atoms with Crippen molar-refractivity contribution in [3.8, 4) is 0 Å². The van der Waals surface area contributed by atoms with E-state index in [9.17, 15) is 13.2 Å². The summed E-state index contributed by atoms with van der Waals surface area (Å²) < 4.78 is 28.6. The fraction of sp³-hybridized carbons (Fsp3) is 0.179. The maximum Gasteiger partial charge on any atom is 0.267 e. The molecule has 5 rings (SSSR count). The van der Waals surface area contributed by atoms with Crippen LogP contribution in [0.2, 0.25) is 0 Å². The first-order chi connectivity index (χ1) is 15.9. The number of carbonyl (C=O) groups excluding carboxylic acids is 1. The zero-order valence-corrected chi connectivity index (χ0v) is 19.4. The van der Waals surface area contributed by atoms with Crippen molar-refractivity contribution in [2.24, 2.45) is 0 Å². The Morgan fingerprint density at radius 2 is 1.36 bits per heavy atom. The Labute approximate surface area is 194 Å². The van der Waals surface area contributed by atoms with Crippen LogP contribution in [0.25, 0.3) is 10.8 Å². The normalized spacial score (nSPS) is 18.7. The van der Waals surface area contributed by atoms with Crippen LogP contribution in [-0.4, -0.2) is 18.6 Å². The number of hydrogen-bond acceptors (Lipinski definition) is 3. The lowest BCUT2D eigenvalue weighted by Crippen LogP contribution is -2.35. The molecule has 5 heteroatoms. The molecular weight excluding hydrogens is 430 g/mol. The number of nitrogens with zero attached hydrogens (tertiary/aromatic N) is 1. The summed E-state index contributed by atoms with van der Waals surface area (Å²) in [6, 6.07) is 27.9. The van der Waals surface area contributed by atoms with Crippen molar-refractivity contribution in [3.05, 3.63) is 113 Å². The van der Waals surface area contributed by atoms with Crippen molar-refractivity contribution < 1.29 is 13.2 Å². The van der Waals surface area contributed by atoms with E-state index >= 15 is 0 Å². The lowest BCUT2D eigenvalue weighted by Gasteiger charge is -2.29. The topological polar surface area (TPSA) is 54.5 Å². The van der Waals surface area contributed by atoms with E-state index in [2.05, 4.69) is 0 Å². The largest absolute Gasteiger partial charge is 0.274 e. The Hall–Kier alpha value is -3.44. The predicted octanol–water partition coefficient (Wildman–Crippen LogP) is 5.90. The summed E-state index contributed by atoms with van der Waals surface area (Å²) in [4.78, 5) is 13.5. The molecule has 1 aliphatic rings. The van der Waals surface area contributed by atoms with Gasteiger partial charge in [-0.05, 0) is 47.9 Å². The van der Waals surface area contributed by atoms with E-state index in [1.807, 2.05) is 80.6 Å². The van der Waals surface area contributed by atoms with Gasteiger partial charge in [-0.1, -0.05) is 90.0 Å². The third kappa shape index (κ3) is 3.72. The van der Waals surface area contributed by atoms with Gasteiger partial charge in [0.15, 0.2) is 0 Å². The quantitative estimate of drug-likeness (QED) is 0.385. The van der Waals surface area contributed by atoms with Gasteiger partial charge in [0.1, 0.15) is 0 Å². The molecule has 0 aliphatic carbocycles. The van der Waals surface area contributed by atoms with Gasteiger partial charge in [0.05, 0.1) is 10.9 Å². The average molecular weight is 456 g/mol. The van der Waals surface area contributed by atoms with Crippen molar-refractivity contribution in [3.63, 3.8) is 0 Å². The third-order valence-corrected chi connectivity index (χ3v) is 8.31. The maximum absolute atomic E-state index is 13.8. The maximum atomic E-state index is 13.8. The molecule has 33 heavy (non-hydrogen) atoms. The Morgan fingerprint density at radius 1 is 0.758 bits per heavy atom. The van der Waals surface area contributed by atoms with Crippen LogP contribution < -0.4 is 0 Å². The van der Waals surface area contributed by atoms with Gasteiger partial charge in [-0.25, -0.2) is 12.7 Å². The van der Waals surface area contributed by atoms with Gasteiger partial charge in [0, 0.05) is 12.3 Å². The Kier molecular flexibility index (Phi) is 5.29. The molecule has 166 valence electrons. The van der Waals surface area contributed by atoms with Gasteiger partial charge in [-0.2, -0.15) is 0 Å². The molecule has 1 aliphatic heterocycles. The van der Waals surface area contributed by atoms with Crippen LogP contribution in [0, 0.1) is 13.8 Å². The van der Waals surface area contributed by atoms with Crippen LogP contribution in [-0.2, 0) is 14.8 Å². The van der Waals surface area contributed by atoms with Crippen LogP contribution in [0.1, 0.15) is 40.6 Å². The first-order valence-electron chi connectivity index (χ1n) is 11.0. The van der Waals surface area contributed by atoms with Gasteiger partial charge < -0.3 is 0 Å². The minimum Gasteiger partial charge on any atom is -0.274 e. The van der Waals surface area contributed by atoms with Crippen molar-refractivity contribution in [1.29, 1.82) is 0 Å². The van der Waals surface area contributed by atoms with E-state index in [1.54, 1.807) is 24.3 Å². The van der Waals surface area contributed by atoms with Crippen LogP contribution in [0.3, 0.4) is 0 Å². The number of rotatable bonds is 4. The predicted molar refractivity (Wildman–Crippen MR) is 130 cm³/mol. The van der Waals surface area contributed by atoms with Crippen LogP contribution >= 0.6 is 0 Å². The fourth-order valence-electron chi connectivity index (χ4n) is 4.80. The van der Waals surface area contributed by atoms with E-state index < -0.39 is 16.1 Å². The summed E-state index contributed by atoms with van der Waals surface area (Å²) >= 11 is 0. The van der Waals surface area contributed by atoms with Crippen molar-refractivity contribution in [2.75, 3.05) is 0 Å². The molecule has 0 saturated carbocycles. The van der Waals surface area contributed by atoms with Crippen molar-refractivity contribution >= 4 is 26.7 Å². The molecule has 4 aromatic rings. The van der Waals surface area contributed by atoms with Gasteiger partial charge in [-0.3, -0.25) is 4.79 Å². The number of aryl methyl sites for hydroxylation is 2. The molecule has 0 N–H and O–H groups in total. The number of sulfonamides is 1. The zero-order chi connectivity index (χ0) is 23.2. The summed E-state index contributed by atoms with van der Waals surface area (Å²) in [7, 11) is -4.02. The van der Waals surface area contributed by atoms with Crippen molar-refractivity contribution in [1.82, 2.24) is 4.31 Å². The van der Waals surface area contributed by atoms with E-state index in [1.165, 1.54) is 0 Å². The van der Waals surface area contributed by atoms with E-state index in [0.717, 1.165) is 37.3 Å². The van der Waals surface area contributed by atoms with Crippen LogP contribution in [0.15, 0.2) is 95.9 Å². The number of amides is 1. The lowest BCUT2D eigenvalue weighted by atomic mass is 9.85. The lowest BCUT2D eigenvalue weighted by molar-refractivity contribution is -0.124. The number of hydrogen-bond donors (Lipinski definition) is 0. The van der Waals surface area contributed by atoms with Crippen LogP contribution in [0.5, 0.6) is 0 Å². The molecule has 1 fully saturated rings. The molecule has 4 aromatic carbocycles. The zero-order valence-electron chi connectivity index (χ0n) is 18.6. The highest BCUT2D eigenvalue weighted by Crippen LogP contribution is 2.48. The monoisotopic (exact) mass is 455 g/mol. The number of fused-ring (bicyclic) bond motifs is 1. The summed E-state index contributed by atoms with van der Waals surface area (Å²) in [5.74, 6) is -0.661. The molecular formula is C28H25NO3S. The molecule has 0 unspecified atom stereocenters. The van der Waals surface area contributed by atoms with E-state index in [-0.39, 0.29) is 23.1 Å². The fourth-order valence-corrected chi connectivity index (χ4v) is 6.42. The second-order valence-electron chi connectivity index (χ2n) is 8.74. The van der Waals surface area contributed by atoms with E-state index in [0.29, 0.717) is 0 Å². The summed E-state index contributed by atoms with van der Waals surface area (Å²) in [6.07, 6.45) is 0.137. The summed E-state index contributed by atoms with van der Waals surface area (Å²) in [5.41, 5.74) is 3.86. The van der Waals surface area contributed by atoms with Gasteiger partial charge in [-0.15, -0.1) is 0 Å². The molecule has 0 spiro atoms. The molecule has 1 heterocycles. The van der Waals surface area contributed by atoms with Gasteiger partial charge in [0.25, 0.3) is 10.0 Å². The van der Waals surface area contributed by atoms with Gasteiger partial charge >= 0.3 is 0 Å². The first kappa shape index (κ1) is 21.4. The summed E-state index contributed by atoms with van der Waals surface area (Å²) in [5, 5.41) is 2.12. The molecule has 0 aromatic heterocycles. The minimum atomic E-state index is -4.02. The van der Waals surface area contributed by atoms with E-state index in [4.69, 9.17) is 0 Å². The number of benzene rings is 4. The average Bonchev–Trinajstić information content (AvgIpc) is 3.17. The Morgan fingerprint density at radius 3 is 2.06 bits per heavy atom. The SMILES string of the molecule is Cc1ccc([C@H]2[C@@H](c3cccc4ccccc34)CC(=O)N2S(=O)(=O)c2ccc(C)cc2)cc1. The first-order valence-corrected chi connectivity index (χ1v) is 12.5. The molecule has 0 radical (unpaired) electrons. The van der Waals surface area contributed by atoms with Gasteiger partial charge in [0.2, 0.25) is 5.91 Å². The van der Waals surface area contributed by atoms with Crippen molar-refractivity contribution in [2.45, 2.75) is 37.1 Å². The standard InChI is InChI=1S/C28H25NO3S/c1-19-10-14-22(15-11-19)28-26(25-9-5-7-21-6-3-4-8-24(21)25)18-27(30)29(28)33(31,32)23-16-12-20(2)13-17-23/h3-17,26,28H,18H2,1-2H3/t26-,28+/m1/s1. The summed E-state index contributed by atoms with van der Waals surface area (Å²) in [6.45, 7) is 3.90. The van der Waals surface area contributed by atoms with Crippen LogP contribution in [0.4, 0.5) is 0 Å². The second-order valence-corrected chi connectivity index (χ2v) is 10.6.